The summed E-state index contributed by atoms with van der Waals surface area (Å²) in [4.78, 5) is 0. The Kier molecular flexibility index (Phi) is 3.29. The van der Waals surface area contributed by atoms with E-state index in [0.717, 1.165) is 31.9 Å². The Bertz CT molecular complexity index is 349. The van der Waals surface area contributed by atoms with Crippen LogP contribution < -0.4 is 10.1 Å². The third kappa shape index (κ3) is 2.61. The zero-order chi connectivity index (χ0) is 11.5. The minimum absolute atomic E-state index is 0.210. The molecule has 17 heavy (non-hydrogen) atoms. The van der Waals surface area contributed by atoms with E-state index in [2.05, 4.69) is 17.4 Å². The summed E-state index contributed by atoms with van der Waals surface area (Å²) >= 11 is 0. The van der Waals surface area contributed by atoms with Crippen molar-refractivity contribution in [1.82, 2.24) is 5.32 Å². The molecule has 2 aliphatic heterocycles. The van der Waals surface area contributed by atoms with E-state index in [-0.39, 0.29) is 6.10 Å². The van der Waals surface area contributed by atoms with E-state index in [1.807, 2.05) is 12.1 Å². The zero-order valence-electron chi connectivity index (χ0n) is 10.0. The van der Waals surface area contributed by atoms with Crippen molar-refractivity contribution >= 4 is 0 Å². The van der Waals surface area contributed by atoms with E-state index < -0.39 is 0 Å². The van der Waals surface area contributed by atoms with Gasteiger partial charge in [0, 0.05) is 13.0 Å². The van der Waals surface area contributed by atoms with Crippen LogP contribution in [0.1, 0.15) is 12.0 Å². The van der Waals surface area contributed by atoms with Crippen molar-refractivity contribution in [2.75, 3.05) is 26.3 Å². The first-order valence-electron chi connectivity index (χ1n) is 6.45. The van der Waals surface area contributed by atoms with Crippen molar-refractivity contribution in [3.63, 3.8) is 0 Å². The van der Waals surface area contributed by atoms with Gasteiger partial charge in [-0.3, -0.25) is 0 Å². The van der Waals surface area contributed by atoms with Crippen molar-refractivity contribution in [1.29, 1.82) is 0 Å². The van der Waals surface area contributed by atoms with Crippen LogP contribution in [0.25, 0.3) is 0 Å². The predicted octanol–water partition coefficient (Wildman–Crippen LogP) is 1.62. The van der Waals surface area contributed by atoms with Gasteiger partial charge in [0.1, 0.15) is 11.9 Å². The maximum atomic E-state index is 5.83. The van der Waals surface area contributed by atoms with Gasteiger partial charge < -0.3 is 14.8 Å². The molecule has 1 aromatic carbocycles. The van der Waals surface area contributed by atoms with Crippen molar-refractivity contribution in [3.05, 3.63) is 29.8 Å². The average Bonchev–Trinajstić information content (AvgIpc) is 2.96. The molecular weight excluding hydrogens is 214 g/mol. The van der Waals surface area contributed by atoms with Gasteiger partial charge in [0.2, 0.25) is 0 Å². The molecule has 3 heteroatoms. The van der Waals surface area contributed by atoms with Gasteiger partial charge in [0.25, 0.3) is 0 Å². The summed E-state index contributed by atoms with van der Waals surface area (Å²) < 4.78 is 11.6. The standard InChI is InChI=1S/C14H19NO2/c1-2-4-14-12(3-1)7-13(17-14)10-16-9-11-5-6-15-8-11/h1-4,11,13,15H,5-10H2. The van der Waals surface area contributed by atoms with Gasteiger partial charge in [-0.1, -0.05) is 18.2 Å². The highest BCUT2D eigenvalue weighted by molar-refractivity contribution is 5.37. The van der Waals surface area contributed by atoms with E-state index in [9.17, 15) is 0 Å². The quantitative estimate of drug-likeness (QED) is 0.857. The molecule has 2 unspecified atom stereocenters. The van der Waals surface area contributed by atoms with Gasteiger partial charge in [-0.2, -0.15) is 0 Å². The molecule has 2 atom stereocenters. The molecular formula is C14H19NO2. The maximum Gasteiger partial charge on any atom is 0.126 e. The van der Waals surface area contributed by atoms with Crippen molar-refractivity contribution in [2.45, 2.75) is 18.9 Å². The van der Waals surface area contributed by atoms with E-state index in [1.54, 1.807) is 0 Å². The number of hydrogen-bond acceptors (Lipinski definition) is 3. The first kappa shape index (κ1) is 11.1. The second-order valence-corrected chi connectivity index (χ2v) is 4.95. The molecule has 0 spiro atoms. The number of ether oxygens (including phenoxy) is 2. The first-order valence-corrected chi connectivity index (χ1v) is 6.45. The van der Waals surface area contributed by atoms with Crippen LogP contribution in [-0.4, -0.2) is 32.4 Å². The Balaban J connectivity index is 1.43. The molecule has 2 heterocycles. The monoisotopic (exact) mass is 233 g/mol. The number of fused-ring (bicyclic) bond motifs is 1. The summed E-state index contributed by atoms with van der Waals surface area (Å²) in [5.41, 5.74) is 1.31. The normalized spacial score (nSPS) is 26.8. The van der Waals surface area contributed by atoms with Crippen LogP contribution in [0.4, 0.5) is 0 Å². The molecule has 1 aromatic rings. The van der Waals surface area contributed by atoms with Gasteiger partial charge in [-0.05, 0) is 30.5 Å². The molecule has 3 rings (SSSR count). The third-order valence-corrected chi connectivity index (χ3v) is 3.53. The number of rotatable bonds is 4. The highest BCUT2D eigenvalue weighted by Crippen LogP contribution is 2.28. The predicted molar refractivity (Wildman–Crippen MR) is 66.4 cm³/mol. The van der Waals surface area contributed by atoms with E-state index in [1.165, 1.54) is 12.0 Å². The fourth-order valence-electron chi connectivity index (χ4n) is 2.57. The fourth-order valence-corrected chi connectivity index (χ4v) is 2.57. The number of benzene rings is 1. The molecule has 0 saturated carbocycles. The van der Waals surface area contributed by atoms with Crippen LogP contribution in [0.15, 0.2) is 24.3 Å². The minimum Gasteiger partial charge on any atom is -0.487 e. The topological polar surface area (TPSA) is 30.5 Å². The third-order valence-electron chi connectivity index (χ3n) is 3.53. The van der Waals surface area contributed by atoms with E-state index in [0.29, 0.717) is 12.5 Å². The summed E-state index contributed by atoms with van der Waals surface area (Å²) in [6, 6.07) is 8.26. The van der Waals surface area contributed by atoms with Crippen LogP contribution in [0.2, 0.25) is 0 Å². The molecule has 0 bridgehead atoms. The Morgan fingerprint density at radius 3 is 3.06 bits per heavy atom. The van der Waals surface area contributed by atoms with Crippen molar-refractivity contribution in [3.8, 4) is 5.75 Å². The van der Waals surface area contributed by atoms with Gasteiger partial charge in [0.15, 0.2) is 0 Å². The van der Waals surface area contributed by atoms with E-state index in [4.69, 9.17) is 9.47 Å². The van der Waals surface area contributed by atoms with Crippen LogP contribution in [0, 0.1) is 5.92 Å². The van der Waals surface area contributed by atoms with Crippen molar-refractivity contribution < 1.29 is 9.47 Å². The summed E-state index contributed by atoms with van der Waals surface area (Å²) in [7, 11) is 0. The molecule has 1 saturated heterocycles. The lowest BCUT2D eigenvalue weighted by Gasteiger charge is -2.13. The second kappa shape index (κ2) is 5.07. The Labute approximate surface area is 102 Å². The molecule has 1 N–H and O–H groups in total. The summed E-state index contributed by atoms with van der Waals surface area (Å²) in [5.74, 6) is 1.72. The van der Waals surface area contributed by atoms with Gasteiger partial charge in [-0.25, -0.2) is 0 Å². The SMILES string of the molecule is c1ccc2c(c1)CC(COCC1CCNC1)O2. The lowest BCUT2D eigenvalue weighted by Crippen LogP contribution is -2.23. The molecule has 92 valence electrons. The molecule has 0 aliphatic carbocycles. The second-order valence-electron chi connectivity index (χ2n) is 4.95. The molecule has 0 aromatic heterocycles. The van der Waals surface area contributed by atoms with Crippen LogP contribution in [-0.2, 0) is 11.2 Å². The molecule has 3 nitrogen and oxygen atoms in total. The van der Waals surface area contributed by atoms with Gasteiger partial charge >= 0.3 is 0 Å². The molecule has 1 fully saturated rings. The number of nitrogens with one attached hydrogen (secondary N) is 1. The number of hydrogen-bond donors (Lipinski definition) is 1. The lowest BCUT2D eigenvalue weighted by molar-refractivity contribution is 0.0443. The fraction of sp³-hybridized carbons (Fsp3) is 0.571. The molecule has 0 radical (unpaired) electrons. The van der Waals surface area contributed by atoms with Crippen LogP contribution >= 0.6 is 0 Å². The summed E-state index contributed by atoms with van der Waals surface area (Å²) in [6.45, 7) is 3.82. The molecule has 2 aliphatic rings. The Morgan fingerprint density at radius 1 is 1.29 bits per heavy atom. The molecule has 0 amide bonds. The first-order chi connectivity index (χ1) is 8.42. The zero-order valence-corrected chi connectivity index (χ0v) is 10.0. The highest BCUT2D eigenvalue weighted by atomic mass is 16.5. The summed E-state index contributed by atoms with van der Waals surface area (Å²) in [5, 5.41) is 3.35. The van der Waals surface area contributed by atoms with Crippen LogP contribution in [0.5, 0.6) is 5.75 Å². The minimum atomic E-state index is 0.210. The van der Waals surface area contributed by atoms with Gasteiger partial charge in [0.05, 0.1) is 13.2 Å². The lowest BCUT2D eigenvalue weighted by atomic mass is 10.1. The average molecular weight is 233 g/mol. The Morgan fingerprint density at radius 2 is 2.24 bits per heavy atom. The van der Waals surface area contributed by atoms with Crippen molar-refractivity contribution in [2.24, 2.45) is 5.92 Å². The van der Waals surface area contributed by atoms with E-state index >= 15 is 0 Å². The smallest absolute Gasteiger partial charge is 0.126 e. The highest BCUT2D eigenvalue weighted by Gasteiger charge is 2.23. The maximum absolute atomic E-state index is 5.83. The Hall–Kier alpha value is -1.06. The van der Waals surface area contributed by atoms with Gasteiger partial charge in [-0.15, -0.1) is 0 Å². The largest absolute Gasteiger partial charge is 0.487 e. The number of para-hydroxylation sites is 1. The summed E-state index contributed by atoms with van der Waals surface area (Å²) in [6.07, 6.45) is 2.44. The van der Waals surface area contributed by atoms with Crippen LogP contribution in [0.3, 0.4) is 0 Å².